The maximum atomic E-state index is 12.2. The fourth-order valence-electron chi connectivity index (χ4n) is 3.34. The van der Waals surface area contributed by atoms with Gasteiger partial charge in [-0.2, -0.15) is 26.3 Å². The Kier molecular flexibility index (Phi) is 11.3. The van der Waals surface area contributed by atoms with Gasteiger partial charge in [-0.3, -0.25) is 20.0 Å². The van der Waals surface area contributed by atoms with E-state index in [1.165, 1.54) is 13.8 Å². The van der Waals surface area contributed by atoms with E-state index >= 15 is 0 Å². The molecule has 2 aromatic carbocycles. The number of hydrogen-bond donors (Lipinski definition) is 0. The topological polar surface area (TPSA) is 96.6 Å². The Morgan fingerprint density at radius 1 is 0.634 bits per heavy atom. The van der Waals surface area contributed by atoms with Crippen LogP contribution in [-0.2, 0) is 19.5 Å². The van der Waals surface area contributed by atoms with Gasteiger partial charge in [0.05, 0.1) is 22.4 Å². The van der Waals surface area contributed by atoms with Crippen LogP contribution in [0.15, 0.2) is 107 Å². The van der Waals surface area contributed by atoms with E-state index < -0.39 is 23.9 Å². The number of allylic oxidation sites excluding steroid dienone is 4. The van der Waals surface area contributed by atoms with Gasteiger partial charge in [-0.1, -0.05) is 36.4 Å². The molecule has 0 fully saturated rings. The Balaban J connectivity index is 0.000000280. The minimum absolute atomic E-state index is 0. The van der Waals surface area contributed by atoms with Crippen LogP contribution in [0, 0.1) is 0 Å². The molecule has 13 heteroatoms. The maximum absolute atomic E-state index is 12.2. The van der Waals surface area contributed by atoms with Crippen molar-refractivity contribution in [1.82, 2.24) is 9.97 Å². The van der Waals surface area contributed by atoms with Gasteiger partial charge < -0.3 is 10.2 Å². The van der Waals surface area contributed by atoms with E-state index in [1.54, 1.807) is 48.8 Å². The molecule has 0 saturated heterocycles. The Hall–Kier alpha value is -4.12. The van der Waals surface area contributed by atoms with Crippen molar-refractivity contribution in [3.8, 4) is 0 Å². The summed E-state index contributed by atoms with van der Waals surface area (Å²) >= 11 is 0. The normalized spacial score (nSPS) is 13.5. The number of hydrogen-bond acceptors (Lipinski definition) is 6. The van der Waals surface area contributed by atoms with Crippen molar-refractivity contribution in [2.75, 3.05) is 0 Å². The van der Waals surface area contributed by atoms with Crippen LogP contribution in [0.1, 0.15) is 13.8 Å². The van der Waals surface area contributed by atoms with Gasteiger partial charge in [-0.05, 0) is 61.8 Å². The molecule has 4 aromatic rings. The smallest absolute Gasteiger partial charge is 0.869 e. The predicted molar refractivity (Wildman–Crippen MR) is 137 cm³/mol. The summed E-state index contributed by atoms with van der Waals surface area (Å²) < 4.78 is 72.9. The third kappa shape index (κ3) is 9.49. The van der Waals surface area contributed by atoms with Gasteiger partial charge in [0.15, 0.2) is 0 Å². The molecule has 0 unspecified atom stereocenters. The largest absolute Gasteiger partial charge is 2.00 e. The van der Waals surface area contributed by atoms with Gasteiger partial charge in [-0.25, -0.2) is 0 Å². The summed E-state index contributed by atoms with van der Waals surface area (Å²) in [5.74, 6) is -3.85. The maximum Gasteiger partial charge on any atom is 2.00 e. The fraction of sp³-hybridized carbons (Fsp3) is 0.143. The first-order valence-electron chi connectivity index (χ1n) is 11.5. The van der Waals surface area contributed by atoms with Crippen molar-refractivity contribution in [2.24, 2.45) is 9.98 Å². The fourth-order valence-corrected chi connectivity index (χ4v) is 3.34. The number of benzene rings is 2. The van der Waals surface area contributed by atoms with Crippen LogP contribution in [0.4, 0.5) is 37.7 Å². The van der Waals surface area contributed by atoms with E-state index in [1.807, 2.05) is 24.3 Å². The molecule has 0 saturated carbocycles. The predicted octanol–water partition coefficient (Wildman–Crippen LogP) is 6.26. The molecule has 0 aliphatic carbocycles. The molecular weight excluding hydrogens is 604 g/mol. The Morgan fingerprint density at radius 2 is 0.976 bits per heavy atom. The minimum Gasteiger partial charge on any atom is -0.869 e. The van der Waals surface area contributed by atoms with Gasteiger partial charge in [0.2, 0.25) is 0 Å². The third-order valence-electron chi connectivity index (χ3n) is 5.06. The second-order valence-corrected chi connectivity index (χ2v) is 8.22. The molecule has 0 spiro atoms. The molecule has 0 amide bonds. The summed E-state index contributed by atoms with van der Waals surface area (Å²) in [6.07, 6.45) is -5.67. The van der Waals surface area contributed by atoms with Crippen LogP contribution in [0.2, 0.25) is 0 Å². The van der Waals surface area contributed by atoms with E-state index in [0.29, 0.717) is 34.6 Å². The molecule has 0 bridgehead atoms. The average Bonchev–Trinajstić information content (AvgIpc) is 2.88. The SMILES string of the molecule is CC(/C=C(\[O-])C(F)(F)F)=Nc1cccc2cccnc12.CC(/C=C(\[O-])C(F)(F)F)=Nc1cccc2cccnc12.[Zn+2]. The summed E-state index contributed by atoms with van der Waals surface area (Å²) in [6.45, 7) is 2.68. The summed E-state index contributed by atoms with van der Waals surface area (Å²) in [7, 11) is 0. The Bertz CT molecular complexity index is 1500. The van der Waals surface area contributed by atoms with Crippen molar-refractivity contribution >= 4 is 44.6 Å². The van der Waals surface area contributed by atoms with Gasteiger partial charge in [0, 0.05) is 34.6 Å². The van der Waals surface area contributed by atoms with E-state index in [0.717, 1.165) is 10.8 Å². The first-order valence-corrected chi connectivity index (χ1v) is 11.5. The molecule has 0 radical (unpaired) electrons. The summed E-state index contributed by atoms with van der Waals surface area (Å²) in [5, 5.41) is 23.3. The molecule has 4 rings (SSSR count). The van der Waals surface area contributed by atoms with Crippen LogP contribution in [0.25, 0.3) is 21.8 Å². The van der Waals surface area contributed by atoms with Crippen LogP contribution in [0.5, 0.6) is 0 Å². The van der Waals surface area contributed by atoms with Gasteiger partial charge in [-0.15, -0.1) is 0 Å². The Morgan fingerprint density at radius 3 is 1.32 bits per heavy atom. The number of rotatable bonds is 4. The molecule has 2 aromatic heterocycles. The summed E-state index contributed by atoms with van der Waals surface area (Å²) in [5.41, 5.74) is 1.94. The second-order valence-electron chi connectivity index (χ2n) is 8.22. The van der Waals surface area contributed by atoms with Crippen molar-refractivity contribution in [1.29, 1.82) is 0 Å². The van der Waals surface area contributed by atoms with E-state index in [9.17, 15) is 36.6 Å². The summed E-state index contributed by atoms with van der Waals surface area (Å²) in [6, 6.07) is 17.5. The van der Waals surface area contributed by atoms with E-state index in [2.05, 4.69) is 20.0 Å². The average molecular weight is 624 g/mol. The molecule has 0 aliphatic rings. The number of para-hydroxylation sites is 2. The summed E-state index contributed by atoms with van der Waals surface area (Å²) in [4.78, 5) is 16.3. The van der Waals surface area contributed by atoms with Crippen molar-refractivity contribution in [3.63, 3.8) is 0 Å². The quantitative estimate of drug-likeness (QED) is 0.116. The zero-order valence-electron chi connectivity index (χ0n) is 21.7. The zero-order chi connectivity index (χ0) is 29.5. The standard InChI is InChI=1S/2C14H11F3N2O.Zn/c2*1-9(8-12(20)14(15,16)17)19-11-6-2-4-10-5-3-7-18-13(10)11;/h2*2-8,20H,1H3;/q;;+2/p-2/b2*12-8-,19-9?;. The number of pyridine rings is 2. The van der Waals surface area contributed by atoms with Crippen molar-refractivity contribution in [2.45, 2.75) is 26.2 Å². The zero-order valence-corrected chi connectivity index (χ0v) is 24.6. The number of halogens is 6. The number of fused-ring (bicyclic) bond motifs is 2. The van der Waals surface area contributed by atoms with Gasteiger partial charge in [0.1, 0.15) is 0 Å². The van der Waals surface area contributed by atoms with Crippen molar-refractivity contribution < 1.29 is 56.0 Å². The molecule has 41 heavy (non-hydrogen) atoms. The monoisotopic (exact) mass is 622 g/mol. The van der Waals surface area contributed by atoms with E-state index in [-0.39, 0.29) is 30.9 Å². The third-order valence-corrected chi connectivity index (χ3v) is 5.06. The number of aromatic nitrogens is 2. The van der Waals surface area contributed by atoms with Gasteiger partial charge in [0.25, 0.3) is 0 Å². The first kappa shape index (κ1) is 33.1. The van der Waals surface area contributed by atoms with Crippen LogP contribution in [-0.4, -0.2) is 33.7 Å². The van der Waals surface area contributed by atoms with Crippen LogP contribution in [0.3, 0.4) is 0 Å². The first-order chi connectivity index (χ1) is 18.8. The number of alkyl halides is 6. The number of aliphatic imine (C=N–C) groups is 2. The molecular formula is C28H20F6N4O2Zn. The number of nitrogens with zero attached hydrogens (tertiary/aromatic N) is 4. The van der Waals surface area contributed by atoms with Crippen molar-refractivity contribution in [3.05, 3.63) is 96.7 Å². The van der Waals surface area contributed by atoms with Crippen LogP contribution < -0.4 is 10.2 Å². The second kappa shape index (κ2) is 14.0. The molecule has 2 heterocycles. The molecule has 0 N–H and O–H groups in total. The van der Waals surface area contributed by atoms with E-state index in [4.69, 9.17) is 0 Å². The van der Waals surface area contributed by atoms with Crippen LogP contribution >= 0.6 is 0 Å². The van der Waals surface area contributed by atoms with Gasteiger partial charge >= 0.3 is 31.8 Å². The molecule has 208 valence electrons. The molecule has 0 atom stereocenters. The minimum atomic E-state index is -4.88. The molecule has 6 nitrogen and oxygen atoms in total. The molecule has 0 aliphatic heterocycles. The Labute approximate surface area is 243 Å².